The van der Waals surface area contributed by atoms with E-state index in [4.69, 9.17) is 4.98 Å². The molecule has 5 rings (SSSR count). The summed E-state index contributed by atoms with van der Waals surface area (Å²) in [5, 5.41) is 5.51. The monoisotopic (exact) mass is 443 g/mol. The summed E-state index contributed by atoms with van der Waals surface area (Å²) < 4.78 is 16.9. The summed E-state index contributed by atoms with van der Waals surface area (Å²) in [7, 11) is 1.57. The van der Waals surface area contributed by atoms with Gasteiger partial charge >= 0.3 is 0 Å². The van der Waals surface area contributed by atoms with Crippen LogP contribution in [-0.4, -0.2) is 33.4 Å². The molecule has 166 valence electrons. The summed E-state index contributed by atoms with van der Waals surface area (Å²) in [6, 6.07) is 12.7. The molecule has 0 unspecified atom stereocenters. The molecule has 0 spiro atoms. The summed E-state index contributed by atoms with van der Waals surface area (Å²) >= 11 is 0. The first kappa shape index (κ1) is 20.8. The Hall–Kier alpha value is -4.07. The molecule has 1 aliphatic heterocycles. The number of carbonyl (C=O) groups excluding carboxylic acids is 2. The number of halogens is 1. The molecule has 2 aromatic heterocycles. The second-order valence-corrected chi connectivity index (χ2v) is 7.95. The molecule has 0 saturated heterocycles. The number of aromatic nitrogens is 3. The second kappa shape index (κ2) is 8.12. The third-order valence-electron chi connectivity index (χ3n) is 5.90. The largest absolute Gasteiger partial charge is 0.355 e. The molecule has 0 atom stereocenters. The molecule has 1 aliphatic rings. The van der Waals surface area contributed by atoms with Crippen LogP contribution in [0.5, 0.6) is 0 Å². The lowest BCUT2D eigenvalue weighted by atomic mass is 10.0. The normalized spacial score (nSPS) is 13.0. The minimum absolute atomic E-state index is 0.00305. The molecule has 4 aromatic rings. The summed E-state index contributed by atoms with van der Waals surface area (Å²) in [4.78, 5) is 32.8. The van der Waals surface area contributed by atoms with Crippen LogP contribution in [0.3, 0.4) is 0 Å². The molecule has 0 radical (unpaired) electrons. The number of hydrogen-bond acceptors (Lipinski definition) is 4. The van der Waals surface area contributed by atoms with E-state index in [1.165, 1.54) is 6.20 Å². The quantitative estimate of drug-likeness (QED) is 0.498. The van der Waals surface area contributed by atoms with Gasteiger partial charge in [0, 0.05) is 36.1 Å². The lowest BCUT2D eigenvalue weighted by Crippen LogP contribution is -2.19. The first-order valence-electron chi connectivity index (χ1n) is 10.8. The van der Waals surface area contributed by atoms with Gasteiger partial charge in [0.15, 0.2) is 5.82 Å². The van der Waals surface area contributed by atoms with Crippen LogP contribution in [0.2, 0.25) is 0 Å². The Morgan fingerprint density at radius 2 is 2.03 bits per heavy atom. The van der Waals surface area contributed by atoms with E-state index in [0.29, 0.717) is 41.7 Å². The fraction of sp³-hybridized carbons (Fsp3) is 0.200. The zero-order chi connectivity index (χ0) is 23.1. The van der Waals surface area contributed by atoms with E-state index in [1.54, 1.807) is 25.2 Å². The molecule has 8 heteroatoms. The third-order valence-corrected chi connectivity index (χ3v) is 5.90. The highest BCUT2D eigenvalue weighted by molar-refractivity contribution is 5.98. The predicted molar refractivity (Wildman–Crippen MR) is 124 cm³/mol. The van der Waals surface area contributed by atoms with Gasteiger partial charge < -0.3 is 10.6 Å². The Morgan fingerprint density at radius 3 is 2.82 bits per heavy atom. The van der Waals surface area contributed by atoms with Crippen LogP contribution >= 0.6 is 0 Å². The van der Waals surface area contributed by atoms with Crippen molar-refractivity contribution in [3.05, 3.63) is 71.3 Å². The number of nitrogens with zero attached hydrogens (tertiary/aromatic N) is 3. The van der Waals surface area contributed by atoms with Crippen LogP contribution < -0.4 is 10.6 Å². The van der Waals surface area contributed by atoms with Crippen molar-refractivity contribution in [2.75, 3.05) is 12.4 Å². The topological polar surface area (TPSA) is 88.9 Å². The number of carbonyl (C=O) groups is 2. The number of imidazole rings is 1. The maximum absolute atomic E-state index is 15.0. The Morgan fingerprint density at radius 1 is 1.18 bits per heavy atom. The fourth-order valence-electron chi connectivity index (χ4n) is 4.16. The van der Waals surface area contributed by atoms with Crippen molar-refractivity contribution in [2.45, 2.75) is 26.2 Å². The molecule has 0 fully saturated rings. The van der Waals surface area contributed by atoms with Crippen LogP contribution in [0.25, 0.3) is 28.1 Å². The number of pyridine rings is 1. The van der Waals surface area contributed by atoms with Gasteiger partial charge in [-0.25, -0.2) is 9.37 Å². The maximum atomic E-state index is 15.0. The van der Waals surface area contributed by atoms with E-state index < -0.39 is 5.82 Å². The number of aryl methyl sites for hydroxylation is 2. The first-order valence-corrected chi connectivity index (χ1v) is 10.8. The Kier molecular flexibility index (Phi) is 5.12. The molecular formula is C25H22FN5O2. The van der Waals surface area contributed by atoms with Gasteiger partial charge in [-0.05, 0) is 60.9 Å². The fourth-order valence-corrected chi connectivity index (χ4v) is 4.16. The molecule has 0 saturated carbocycles. The van der Waals surface area contributed by atoms with Crippen LogP contribution in [0.15, 0.2) is 48.7 Å². The van der Waals surface area contributed by atoms with Gasteiger partial charge in [-0.1, -0.05) is 6.92 Å². The van der Waals surface area contributed by atoms with Crippen LogP contribution in [0.1, 0.15) is 35.0 Å². The highest BCUT2D eigenvalue weighted by atomic mass is 19.1. The van der Waals surface area contributed by atoms with Gasteiger partial charge in [0.05, 0.1) is 22.8 Å². The number of hydrogen-bond donors (Lipinski definition) is 2. The summed E-state index contributed by atoms with van der Waals surface area (Å²) in [5.41, 5.74) is 5.47. The summed E-state index contributed by atoms with van der Waals surface area (Å²) in [5.74, 6) is -0.272. The highest BCUT2D eigenvalue weighted by Crippen LogP contribution is 2.33. The van der Waals surface area contributed by atoms with Gasteiger partial charge in [-0.2, -0.15) is 0 Å². The van der Waals surface area contributed by atoms with Crippen LogP contribution in [-0.2, 0) is 17.6 Å². The second-order valence-electron chi connectivity index (χ2n) is 7.95. The summed E-state index contributed by atoms with van der Waals surface area (Å²) in [6.07, 6.45) is 2.92. The van der Waals surface area contributed by atoms with E-state index >= 15 is 0 Å². The molecule has 3 heterocycles. The van der Waals surface area contributed by atoms with E-state index in [1.807, 2.05) is 35.8 Å². The van der Waals surface area contributed by atoms with Gasteiger partial charge in [0.25, 0.3) is 5.91 Å². The van der Waals surface area contributed by atoms with E-state index in [9.17, 15) is 14.0 Å². The first-order chi connectivity index (χ1) is 16.0. The summed E-state index contributed by atoms with van der Waals surface area (Å²) in [6.45, 7) is 1.96. The molecule has 0 bridgehead atoms. The molecule has 7 nitrogen and oxygen atoms in total. The number of anilines is 1. The molecule has 2 aromatic carbocycles. The number of rotatable bonds is 4. The predicted octanol–water partition coefficient (Wildman–Crippen LogP) is 4.03. The Labute approximate surface area is 189 Å². The molecule has 33 heavy (non-hydrogen) atoms. The van der Waals surface area contributed by atoms with E-state index in [-0.39, 0.29) is 11.8 Å². The van der Waals surface area contributed by atoms with Gasteiger partial charge in [0.1, 0.15) is 5.82 Å². The van der Waals surface area contributed by atoms with Crippen LogP contribution in [0.4, 0.5) is 10.1 Å². The smallest absolute Gasteiger partial charge is 0.251 e. The van der Waals surface area contributed by atoms with Gasteiger partial charge in [-0.15, -0.1) is 0 Å². The molecule has 0 aliphatic carbocycles. The molecule has 2 N–H and O–H groups in total. The lowest BCUT2D eigenvalue weighted by Gasteiger charge is -2.19. The van der Waals surface area contributed by atoms with E-state index in [2.05, 4.69) is 15.6 Å². The average molecular weight is 443 g/mol. The Balaban J connectivity index is 1.77. The standard InChI is InChI=1S/C25H22FN5O2/c1-3-16-12-18(19(26)13-28-16)24-30-21-11-15(25(33)27-2)4-8-22(21)31(24)17-6-7-20-14(10-17)5-9-23(32)29-20/h4,6-8,10-13H,3,5,9H2,1-2H3,(H,27,33)(H,29,32). The van der Waals surface area contributed by atoms with Crippen molar-refractivity contribution in [1.82, 2.24) is 19.9 Å². The van der Waals surface area contributed by atoms with Crippen LogP contribution in [0, 0.1) is 5.82 Å². The Bertz CT molecular complexity index is 1430. The van der Waals surface area contributed by atoms with Gasteiger partial charge in [0.2, 0.25) is 5.91 Å². The minimum Gasteiger partial charge on any atom is -0.355 e. The number of amides is 2. The van der Waals surface area contributed by atoms with Gasteiger partial charge in [-0.3, -0.25) is 19.1 Å². The van der Waals surface area contributed by atoms with Crippen molar-refractivity contribution in [3.8, 4) is 17.1 Å². The van der Waals surface area contributed by atoms with Crippen molar-refractivity contribution < 1.29 is 14.0 Å². The number of benzene rings is 2. The van der Waals surface area contributed by atoms with E-state index in [0.717, 1.165) is 28.1 Å². The molecule has 2 amide bonds. The zero-order valence-corrected chi connectivity index (χ0v) is 18.3. The average Bonchev–Trinajstić information content (AvgIpc) is 3.22. The zero-order valence-electron chi connectivity index (χ0n) is 18.3. The van der Waals surface area contributed by atoms with Crippen molar-refractivity contribution in [1.29, 1.82) is 0 Å². The minimum atomic E-state index is -0.472. The lowest BCUT2D eigenvalue weighted by molar-refractivity contribution is -0.116. The maximum Gasteiger partial charge on any atom is 0.251 e. The van der Waals surface area contributed by atoms with Crippen molar-refractivity contribution >= 4 is 28.5 Å². The highest BCUT2D eigenvalue weighted by Gasteiger charge is 2.21. The number of nitrogens with one attached hydrogen (secondary N) is 2. The molecular weight excluding hydrogens is 421 g/mol. The van der Waals surface area contributed by atoms with Crippen molar-refractivity contribution in [3.63, 3.8) is 0 Å². The third kappa shape index (κ3) is 3.63. The SMILES string of the molecule is CCc1cc(-c2nc3cc(C(=O)NC)ccc3n2-c2ccc3c(c2)CCC(=O)N3)c(F)cn1. The van der Waals surface area contributed by atoms with Crippen molar-refractivity contribution in [2.24, 2.45) is 0 Å². The number of fused-ring (bicyclic) bond motifs is 2.